The predicted octanol–water partition coefficient (Wildman–Crippen LogP) is 5.94. The molecule has 0 fully saturated rings. The predicted molar refractivity (Wildman–Crippen MR) is 168 cm³/mol. The van der Waals surface area contributed by atoms with Crippen molar-refractivity contribution in [2.24, 2.45) is 0 Å². The highest BCUT2D eigenvalue weighted by Gasteiger charge is 2.28. The summed E-state index contributed by atoms with van der Waals surface area (Å²) in [5, 5.41) is 2.04. The first-order valence-corrected chi connectivity index (χ1v) is 19.0. The average Bonchev–Trinajstić information content (AvgIpc) is 3.39. The highest BCUT2D eigenvalue weighted by molar-refractivity contribution is 9.10. The van der Waals surface area contributed by atoms with Gasteiger partial charge in [0.2, 0.25) is 5.52 Å². The molecule has 15 heteroatoms. The summed E-state index contributed by atoms with van der Waals surface area (Å²) in [7, 11) is -7.63. The second-order valence-corrected chi connectivity index (χ2v) is 16.3. The lowest BCUT2D eigenvalue weighted by Gasteiger charge is -2.20. The maximum absolute atomic E-state index is 12.1. The minimum absolute atomic E-state index is 0.0693. The molecule has 0 aliphatic carbocycles. The maximum atomic E-state index is 12.1. The van der Waals surface area contributed by atoms with E-state index in [0.717, 1.165) is 39.8 Å². The van der Waals surface area contributed by atoms with Crippen LogP contribution in [-0.4, -0.2) is 46.0 Å². The summed E-state index contributed by atoms with van der Waals surface area (Å²) in [6.07, 6.45) is 4.19. The normalized spacial score (nSPS) is 14.9. The Hall–Kier alpha value is -1.04. The highest BCUT2D eigenvalue weighted by atomic mass is 79.9. The lowest BCUT2D eigenvalue weighted by molar-refractivity contribution is -0.669. The second kappa shape index (κ2) is 14.0. The number of aryl methyl sites for hydroxylation is 1. The van der Waals surface area contributed by atoms with Gasteiger partial charge in [0.15, 0.2) is 6.54 Å². The first-order chi connectivity index (χ1) is 19.0. The molecule has 2 aromatic carbocycles. The molecule has 0 spiro atoms. The van der Waals surface area contributed by atoms with Gasteiger partial charge in [0.1, 0.15) is 4.70 Å². The van der Waals surface area contributed by atoms with Crippen molar-refractivity contribution in [3.63, 3.8) is 0 Å². The van der Waals surface area contributed by atoms with Crippen LogP contribution in [0.3, 0.4) is 0 Å². The monoisotopic (exact) mass is 754 g/mol. The average molecular weight is 757 g/mol. The van der Waals surface area contributed by atoms with Gasteiger partial charge in [-0.05, 0) is 49.6 Å². The number of aromatic nitrogens is 1. The Labute approximate surface area is 260 Å². The number of thioether (sulfide) groups is 1. The number of hydrogen-bond donors (Lipinski definition) is 2. The van der Waals surface area contributed by atoms with E-state index in [1.165, 1.54) is 0 Å². The molecular weight excluding hydrogens is 726 g/mol. The summed E-state index contributed by atoms with van der Waals surface area (Å²) in [5.74, 6) is -0.334. The molecule has 0 amide bonds. The Balaban J connectivity index is 1.60. The Kier molecular flexibility index (Phi) is 11.1. The number of hydrogen-bond acceptors (Lipinski definition) is 9. The minimum atomic E-state index is -4.00. The third-order valence-electron chi connectivity index (χ3n) is 6.02. The summed E-state index contributed by atoms with van der Waals surface area (Å²) in [6.45, 7) is 3.39. The quantitative estimate of drug-likeness (QED) is 0.0893. The van der Waals surface area contributed by atoms with Crippen LogP contribution in [0.2, 0.25) is 0 Å². The summed E-state index contributed by atoms with van der Waals surface area (Å²) in [6, 6.07) is 12.2. The number of thiazole rings is 1. The molecule has 1 aliphatic rings. The third kappa shape index (κ3) is 8.74. The number of anilines is 1. The molecule has 0 radical (unpaired) electrons. The molecule has 218 valence electrons. The van der Waals surface area contributed by atoms with Crippen LogP contribution in [-0.2, 0) is 31.1 Å². The maximum Gasteiger partial charge on any atom is 0.283 e. The highest BCUT2D eigenvalue weighted by Crippen LogP contribution is 2.48. The van der Waals surface area contributed by atoms with Crippen molar-refractivity contribution < 1.29 is 30.2 Å². The van der Waals surface area contributed by atoms with Gasteiger partial charge in [-0.2, -0.15) is 31.2 Å². The van der Waals surface area contributed by atoms with Crippen molar-refractivity contribution in [1.29, 1.82) is 0 Å². The molecule has 0 atom stereocenters. The number of unbranched alkanes of at least 4 members (excludes halogenated alkanes) is 2. The molecule has 1 aliphatic heterocycles. The van der Waals surface area contributed by atoms with Crippen molar-refractivity contribution in [3.8, 4) is 0 Å². The molecule has 0 unspecified atom stereocenters. The number of halogens is 2. The molecule has 0 bridgehead atoms. The Bertz CT molecular complexity index is 1610. The number of hydroxylamine groups is 1. The van der Waals surface area contributed by atoms with Gasteiger partial charge in [0, 0.05) is 39.4 Å². The molecule has 0 saturated carbocycles. The van der Waals surface area contributed by atoms with Crippen molar-refractivity contribution >= 4 is 97.2 Å². The molecule has 4 rings (SSSR count). The smallest absolute Gasteiger partial charge is 0.283 e. The van der Waals surface area contributed by atoms with Gasteiger partial charge >= 0.3 is 0 Å². The fourth-order valence-corrected chi connectivity index (χ4v) is 8.71. The van der Waals surface area contributed by atoms with Crippen molar-refractivity contribution in [3.05, 3.63) is 55.4 Å². The number of rotatable bonds is 14. The molecule has 2 N–H and O–H groups in total. The molecule has 1 aromatic heterocycles. The summed E-state index contributed by atoms with van der Waals surface area (Å²) in [4.78, 5) is 3.33. The molecular formula is C25H30Br2N3O6S4+. The number of nitrogens with one attached hydrogen (secondary N) is 1. The van der Waals surface area contributed by atoms with E-state index < -0.39 is 20.2 Å². The van der Waals surface area contributed by atoms with E-state index in [2.05, 4.69) is 77.1 Å². The van der Waals surface area contributed by atoms with Crippen molar-refractivity contribution in [2.75, 3.05) is 29.5 Å². The van der Waals surface area contributed by atoms with E-state index >= 15 is 0 Å². The van der Waals surface area contributed by atoms with Crippen LogP contribution in [0.1, 0.15) is 37.6 Å². The zero-order valence-electron chi connectivity index (χ0n) is 21.7. The Morgan fingerprint density at radius 2 is 1.75 bits per heavy atom. The second-order valence-electron chi connectivity index (χ2n) is 9.10. The van der Waals surface area contributed by atoms with Crippen LogP contribution in [0.5, 0.6) is 0 Å². The Morgan fingerprint density at radius 3 is 2.50 bits per heavy atom. The lowest BCUT2D eigenvalue weighted by Crippen LogP contribution is -2.35. The van der Waals surface area contributed by atoms with Gasteiger partial charge in [-0.15, -0.1) is 0 Å². The van der Waals surface area contributed by atoms with E-state index in [9.17, 15) is 16.8 Å². The summed E-state index contributed by atoms with van der Waals surface area (Å²) in [5.41, 5.74) is 4.50. The van der Waals surface area contributed by atoms with Crippen LogP contribution in [0.25, 0.3) is 16.3 Å². The van der Waals surface area contributed by atoms with Gasteiger partial charge in [-0.3, -0.25) is 4.55 Å². The third-order valence-corrected chi connectivity index (χ3v) is 11.2. The number of fused-ring (bicyclic) bond motifs is 2. The summed E-state index contributed by atoms with van der Waals surface area (Å²) >= 11 is 10.5. The fraction of sp³-hybridized carbons (Fsp3) is 0.400. The molecule has 0 saturated heterocycles. The van der Waals surface area contributed by atoms with E-state index in [1.807, 2.05) is 12.1 Å². The van der Waals surface area contributed by atoms with Crippen molar-refractivity contribution in [2.45, 2.75) is 44.0 Å². The minimum Gasteiger partial charge on any atom is -0.335 e. The molecule has 40 heavy (non-hydrogen) atoms. The topological polar surface area (TPSA) is 117 Å². The van der Waals surface area contributed by atoms with Crippen LogP contribution >= 0.6 is 55.0 Å². The van der Waals surface area contributed by atoms with Gasteiger partial charge in [-0.1, -0.05) is 61.9 Å². The van der Waals surface area contributed by atoms with E-state index in [1.54, 1.807) is 30.0 Å². The fourth-order valence-electron chi connectivity index (χ4n) is 4.22. The molecule has 3 aromatic rings. The van der Waals surface area contributed by atoms with Crippen LogP contribution < -0.4 is 14.9 Å². The zero-order valence-corrected chi connectivity index (χ0v) is 28.1. The van der Waals surface area contributed by atoms with E-state index in [-0.39, 0.29) is 11.5 Å². The summed E-state index contributed by atoms with van der Waals surface area (Å²) < 4.78 is 65.6. The SMILES string of the molecule is CCNOS(=O)(=O)CCCCN1C(=Cc2sc3ccc(Br)cc3[n+]2CCCCS(=O)(=O)O)Sc2ccc(Br)cc21. The van der Waals surface area contributed by atoms with Crippen molar-refractivity contribution in [1.82, 2.24) is 5.48 Å². The van der Waals surface area contributed by atoms with Crippen LogP contribution in [0, 0.1) is 0 Å². The largest absolute Gasteiger partial charge is 0.335 e. The standard InChI is InChI=1S/C25H29Br2N3O6S4/c1-2-28-36-40(34,35)14-6-4-12-30-21-16-19(27)8-10-23(21)38-25(30)17-24-29(11-3-5-13-39(31,32)33)20-15-18(26)7-9-22(20)37-24/h7-10,15-17,28H,2-6,11-14H2,1H3/p+1. The Morgan fingerprint density at radius 1 is 1.02 bits per heavy atom. The van der Waals surface area contributed by atoms with Gasteiger partial charge < -0.3 is 4.90 Å². The number of benzene rings is 2. The van der Waals surface area contributed by atoms with E-state index in [0.29, 0.717) is 45.3 Å². The first-order valence-electron chi connectivity index (χ1n) is 12.6. The van der Waals surface area contributed by atoms with Gasteiger partial charge in [0.05, 0.1) is 28.3 Å². The molecule has 2 heterocycles. The lowest BCUT2D eigenvalue weighted by atomic mass is 10.2. The molecule has 9 nitrogen and oxygen atoms in total. The van der Waals surface area contributed by atoms with Gasteiger partial charge in [0.25, 0.3) is 25.2 Å². The zero-order chi connectivity index (χ0) is 28.9. The number of nitrogens with zero attached hydrogens (tertiary/aromatic N) is 2. The van der Waals surface area contributed by atoms with Crippen LogP contribution in [0.4, 0.5) is 5.69 Å². The van der Waals surface area contributed by atoms with E-state index in [4.69, 9.17) is 8.84 Å². The van der Waals surface area contributed by atoms with Gasteiger partial charge in [-0.25, -0.2) is 0 Å². The first kappa shape index (κ1) is 31.9. The van der Waals surface area contributed by atoms with Crippen LogP contribution in [0.15, 0.2) is 55.3 Å².